The molecule has 0 radical (unpaired) electrons. The van der Waals surface area contributed by atoms with E-state index in [1.165, 1.54) is 0 Å². The second-order valence-corrected chi connectivity index (χ2v) is 6.84. The first kappa shape index (κ1) is 15.9. The Morgan fingerprint density at radius 1 is 1.32 bits per heavy atom. The maximum Gasteiger partial charge on any atom is 0.157 e. The maximum atomic E-state index is 9.58. The van der Waals surface area contributed by atoms with E-state index >= 15 is 0 Å². The van der Waals surface area contributed by atoms with Crippen molar-refractivity contribution in [3.05, 3.63) is 41.5 Å². The van der Waals surface area contributed by atoms with Crippen LogP contribution < -0.4 is 5.32 Å². The zero-order valence-corrected chi connectivity index (χ0v) is 14.6. The van der Waals surface area contributed by atoms with Crippen LogP contribution >= 0.6 is 0 Å². The number of imidazole rings is 1. The molecule has 1 N–H and O–H groups in total. The average molecular weight is 334 g/mol. The molecule has 25 heavy (non-hydrogen) atoms. The third kappa shape index (κ3) is 2.73. The van der Waals surface area contributed by atoms with E-state index < -0.39 is 0 Å². The summed E-state index contributed by atoms with van der Waals surface area (Å²) in [5.41, 5.74) is 4.25. The van der Waals surface area contributed by atoms with Crippen LogP contribution in [0.4, 0.5) is 5.82 Å². The van der Waals surface area contributed by atoms with Gasteiger partial charge in [0, 0.05) is 19.3 Å². The molecule has 1 aliphatic rings. The zero-order valence-electron chi connectivity index (χ0n) is 14.6. The predicted molar refractivity (Wildman–Crippen MR) is 98.8 cm³/mol. The summed E-state index contributed by atoms with van der Waals surface area (Å²) < 4.78 is 7.57. The minimum absolute atomic E-state index is 0.334. The monoisotopic (exact) mass is 334 g/mol. The Labute approximate surface area is 147 Å². The van der Waals surface area contributed by atoms with E-state index in [1.54, 1.807) is 0 Å². The Morgan fingerprint density at radius 3 is 2.84 bits per heavy atom. The molecule has 1 aliphatic heterocycles. The molecule has 1 fully saturated rings. The lowest BCUT2D eigenvalue weighted by molar-refractivity contribution is 0.0622. The van der Waals surface area contributed by atoms with Crippen LogP contribution in [0.5, 0.6) is 0 Å². The van der Waals surface area contributed by atoms with E-state index in [4.69, 9.17) is 9.72 Å². The Kier molecular flexibility index (Phi) is 4.06. The number of fused-ring (bicyclic) bond motifs is 3. The van der Waals surface area contributed by atoms with Gasteiger partial charge in [0.2, 0.25) is 0 Å². The lowest BCUT2D eigenvalue weighted by Gasteiger charge is -2.29. The van der Waals surface area contributed by atoms with Crippen molar-refractivity contribution >= 4 is 22.5 Å². The van der Waals surface area contributed by atoms with Gasteiger partial charge in [-0.1, -0.05) is 12.1 Å². The fourth-order valence-electron chi connectivity index (χ4n) is 3.77. The Bertz CT molecular complexity index is 963. The van der Waals surface area contributed by atoms with Gasteiger partial charge in [-0.05, 0) is 56.4 Å². The molecule has 1 aromatic carbocycles. The van der Waals surface area contributed by atoms with Crippen molar-refractivity contribution in [2.24, 2.45) is 5.92 Å². The van der Waals surface area contributed by atoms with Crippen molar-refractivity contribution in [2.45, 2.75) is 32.7 Å². The first-order valence-corrected chi connectivity index (χ1v) is 8.84. The third-order valence-corrected chi connectivity index (χ3v) is 5.23. The van der Waals surface area contributed by atoms with Crippen molar-refractivity contribution in [1.82, 2.24) is 9.38 Å². The number of nitriles is 1. The summed E-state index contributed by atoms with van der Waals surface area (Å²) in [6.07, 6.45) is 2.16. The molecule has 1 atom stereocenters. The van der Waals surface area contributed by atoms with Crippen LogP contribution in [0.15, 0.2) is 30.3 Å². The molecule has 1 unspecified atom stereocenters. The number of aryl methyl sites for hydroxylation is 1. The molecular weight excluding hydrogens is 312 g/mol. The van der Waals surface area contributed by atoms with Crippen molar-refractivity contribution in [2.75, 3.05) is 18.5 Å². The van der Waals surface area contributed by atoms with Gasteiger partial charge in [0.15, 0.2) is 5.65 Å². The number of para-hydroxylation sites is 2. The number of benzene rings is 1. The molecule has 3 aromatic rings. The smallest absolute Gasteiger partial charge is 0.157 e. The molecule has 0 aliphatic carbocycles. The molecule has 0 bridgehead atoms. The molecule has 2 aromatic heterocycles. The molecule has 3 heterocycles. The Balaban J connectivity index is 1.84. The van der Waals surface area contributed by atoms with Crippen LogP contribution in [0.2, 0.25) is 0 Å². The standard InChI is InChI=1S/C20H22N4O/c1-13-11-19(22-14(2)15-7-9-25-10-8-15)24-18-6-4-3-5-17(18)23-20(24)16(13)12-21/h3-6,11,14-15,22H,7-10H2,1-2H3. The van der Waals surface area contributed by atoms with E-state index in [0.29, 0.717) is 17.5 Å². The first-order chi connectivity index (χ1) is 12.2. The van der Waals surface area contributed by atoms with Gasteiger partial charge in [0.05, 0.1) is 16.6 Å². The van der Waals surface area contributed by atoms with Crippen LogP contribution in [0.25, 0.3) is 16.7 Å². The molecule has 0 spiro atoms. The highest BCUT2D eigenvalue weighted by Gasteiger charge is 2.22. The largest absolute Gasteiger partial charge is 0.381 e. The minimum atomic E-state index is 0.334. The highest BCUT2D eigenvalue weighted by atomic mass is 16.5. The average Bonchev–Trinajstić information content (AvgIpc) is 3.02. The molecule has 4 rings (SSSR count). The number of hydrogen-bond acceptors (Lipinski definition) is 4. The number of anilines is 1. The maximum absolute atomic E-state index is 9.58. The van der Waals surface area contributed by atoms with E-state index in [-0.39, 0.29) is 0 Å². The van der Waals surface area contributed by atoms with Gasteiger partial charge in [0.1, 0.15) is 11.9 Å². The number of pyridine rings is 1. The van der Waals surface area contributed by atoms with Crippen LogP contribution in [0.1, 0.15) is 30.9 Å². The van der Waals surface area contributed by atoms with Crippen LogP contribution in [-0.2, 0) is 4.74 Å². The summed E-state index contributed by atoms with van der Waals surface area (Å²) in [7, 11) is 0. The summed E-state index contributed by atoms with van der Waals surface area (Å²) in [4.78, 5) is 4.71. The minimum Gasteiger partial charge on any atom is -0.381 e. The summed E-state index contributed by atoms with van der Waals surface area (Å²) in [5, 5.41) is 13.3. The third-order valence-electron chi connectivity index (χ3n) is 5.23. The second kappa shape index (κ2) is 6.38. The van der Waals surface area contributed by atoms with Gasteiger partial charge in [-0.25, -0.2) is 4.98 Å². The normalized spacial score (nSPS) is 16.8. The summed E-state index contributed by atoms with van der Waals surface area (Å²) in [6, 6.07) is 12.7. The molecule has 128 valence electrons. The molecule has 0 amide bonds. The summed E-state index contributed by atoms with van der Waals surface area (Å²) in [6.45, 7) is 5.88. The van der Waals surface area contributed by atoms with Gasteiger partial charge in [-0.2, -0.15) is 5.26 Å². The lowest BCUT2D eigenvalue weighted by Crippen LogP contribution is -2.31. The van der Waals surface area contributed by atoms with Gasteiger partial charge in [-0.3, -0.25) is 4.40 Å². The molecular formula is C20H22N4O. The zero-order chi connectivity index (χ0) is 17.4. The van der Waals surface area contributed by atoms with Crippen LogP contribution in [0, 0.1) is 24.2 Å². The number of aromatic nitrogens is 2. The summed E-state index contributed by atoms with van der Waals surface area (Å²) >= 11 is 0. The first-order valence-electron chi connectivity index (χ1n) is 8.84. The van der Waals surface area contributed by atoms with E-state index in [1.807, 2.05) is 25.1 Å². The molecule has 5 nitrogen and oxygen atoms in total. The van der Waals surface area contributed by atoms with Crippen LogP contribution in [0.3, 0.4) is 0 Å². The van der Waals surface area contributed by atoms with Crippen molar-refractivity contribution in [3.8, 4) is 6.07 Å². The van der Waals surface area contributed by atoms with Gasteiger partial charge in [-0.15, -0.1) is 0 Å². The molecule has 5 heteroatoms. The highest BCUT2D eigenvalue weighted by Crippen LogP contribution is 2.28. The molecule has 0 saturated carbocycles. The number of rotatable bonds is 3. The SMILES string of the molecule is Cc1cc(NC(C)C2CCOCC2)n2c(nc3ccccc32)c1C#N. The second-order valence-electron chi connectivity index (χ2n) is 6.84. The van der Waals surface area contributed by atoms with Gasteiger partial charge >= 0.3 is 0 Å². The topological polar surface area (TPSA) is 62.4 Å². The van der Waals surface area contributed by atoms with Crippen LogP contribution in [-0.4, -0.2) is 28.6 Å². The quantitative estimate of drug-likeness (QED) is 0.789. The molecule has 1 saturated heterocycles. The van der Waals surface area contributed by atoms with E-state index in [0.717, 1.165) is 54.1 Å². The fourth-order valence-corrected chi connectivity index (χ4v) is 3.77. The van der Waals surface area contributed by atoms with E-state index in [2.05, 4.69) is 34.8 Å². The number of nitrogens with one attached hydrogen (secondary N) is 1. The van der Waals surface area contributed by atoms with E-state index in [9.17, 15) is 5.26 Å². The summed E-state index contributed by atoms with van der Waals surface area (Å²) in [5.74, 6) is 1.59. The van der Waals surface area contributed by atoms with Crippen molar-refractivity contribution in [3.63, 3.8) is 0 Å². The number of ether oxygens (including phenoxy) is 1. The Hall–Kier alpha value is -2.58. The number of nitrogens with zero attached hydrogens (tertiary/aromatic N) is 3. The van der Waals surface area contributed by atoms with Crippen molar-refractivity contribution in [1.29, 1.82) is 5.26 Å². The van der Waals surface area contributed by atoms with Crippen molar-refractivity contribution < 1.29 is 4.74 Å². The van der Waals surface area contributed by atoms with Gasteiger partial charge in [0.25, 0.3) is 0 Å². The number of hydrogen-bond donors (Lipinski definition) is 1. The van der Waals surface area contributed by atoms with Gasteiger partial charge < -0.3 is 10.1 Å². The predicted octanol–water partition coefficient (Wildman–Crippen LogP) is 3.89. The highest BCUT2D eigenvalue weighted by molar-refractivity contribution is 5.85. The lowest BCUT2D eigenvalue weighted by atomic mass is 9.93. The Morgan fingerprint density at radius 2 is 2.08 bits per heavy atom. The fraction of sp³-hybridized carbons (Fsp3) is 0.400.